The first kappa shape index (κ1) is 16.1. The summed E-state index contributed by atoms with van der Waals surface area (Å²) in [5, 5.41) is 13.3. The summed E-state index contributed by atoms with van der Waals surface area (Å²) in [6.45, 7) is 0. The maximum Gasteiger partial charge on any atom is 0.356 e. The van der Waals surface area contributed by atoms with Crippen molar-refractivity contribution in [3.05, 3.63) is 33.4 Å². The molecule has 1 aromatic heterocycles. The number of aryl methyl sites for hydroxylation is 2. The van der Waals surface area contributed by atoms with Crippen LogP contribution in [0.4, 0.5) is 0 Å². The summed E-state index contributed by atoms with van der Waals surface area (Å²) < 4.78 is 8.15. The van der Waals surface area contributed by atoms with Crippen LogP contribution in [-0.4, -0.2) is 28.0 Å². The number of aromatic carboxylic acids is 1. The molecule has 0 saturated heterocycles. The van der Waals surface area contributed by atoms with E-state index in [1.807, 2.05) is 0 Å². The Morgan fingerprint density at radius 3 is 2.70 bits per heavy atom. The average molecular weight is 379 g/mol. The molecular weight excluding hydrogens is 360 g/mol. The maximum atomic E-state index is 11.2. The summed E-state index contributed by atoms with van der Waals surface area (Å²) in [6.07, 6.45) is 5.53. The lowest BCUT2D eigenvalue weighted by Crippen LogP contribution is -2.03. The van der Waals surface area contributed by atoms with E-state index in [9.17, 15) is 9.90 Å². The minimum Gasteiger partial charge on any atom is -0.495 e. The number of benzene rings is 1. The molecule has 2 aromatic rings. The largest absolute Gasteiger partial charge is 0.495 e. The highest BCUT2D eigenvalue weighted by molar-refractivity contribution is 9.10. The van der Waals surface area contributed by atoms with E-state index in [1.165, 1.54) is 24.0 Å². The molecule has 122 valence electrons. The molecule has 1 aliphatic rings. The van der Waals surface area contributed by atoms with Gasteiger partial charge in [0.1, 0.15) is 5.75 Å². The molecule has 0 saturated carbocycles. The van der Waals surface area contributed by atoms with Crippen molar-refractivity contribution < 1.29 is 14.6 Å². The second-order valence-electron chi connectivity index (χ2n) is 5.81. The quantitative estimate of drug-likeness (QED) is 0.824. The van der Waals surface area contributed by atoms with Crippen molar-refractivity contribution in [3.8, 4) is 17.0 Å². The zero-order valence-corrected chi connectivity index (χ0v) is 14.8. The number of rotatable bonds is 3. The molecule has 1 aromatic carbocycles. The molecule has 0 fully saturated rings. The molecule has 0 aliphatic heterocycles. The van der Waals surface area contributed by atoms with Crippen LogP contribution in [0.5, 0.6) is 5.75 Å². The molecule has 3 rings (SSSR count). The molecule has 0 spiro atoms. The van der Waals surface area contributed by atoms with Crippen molar-refractivity contribution in [2.45, 2.75) is 32.1 Å². The fourth-order valence-corrected chi connectivity index (χ4v) is 3.94. The molecule has 5 nitrogen and oxygen atoms in total. The van der Waals surface area contributed by atoms with Gasteiger partial charge in [-0.15, -0.1) is 0 Å². The number of hydrogen-bond acceptors (Lipinski definition) is 3. The van der Waals surface area contributed by atoms with Gasteiger partial charge in [0.25, 0.3) is 0 Å². The molecule has 0 bridgehead atoms. The minimum atomic E-state index is -1.02. The van der Waals surface area contributed by atoms with Crippen LogP contribution >= 0.6 is 15.9 Å². The van der Waals surface area contributed by atoms with Crippen molar-refractivity contribution in [2.75, 3.05) is 7.11 Å². The number of aromatic nitrogens is 2. The first-order valence-electron chi connectivity index (χ1n) is 7.69. The molecule has 1 aliphatic carbocycles. The van der Waals surface area contributed by atoms with Crippen LogP contribution in [0.2, 0.25) is 0 Å². The van der Waals surface area contributed by atoms with Gasteiger partial charge in [0, 0.05) is 12.6 Å². The van der Waals surface area contributed by atoms with E-state index < -0.39 is 5.97 Å². The van der Waals surface area contributed by atoms with E-state index >= 15 is 0 Å². The van der Waals surface area contributed by atoms with Crippen LogP contribution in [0.15, 0.2) is 16.6 Å². The summed E-state index contributed by atoms with van der Waals surface area (Å²) in [5.41, 5.74) is 4.35. The predicted molar refractivity (Wildman–Crippen MR) is 91.1 cm³/mol. The number of fused-ring (bicyclic) bond motifs is 1. The van der Waals surface area contributed by atoms with Crippen molar-refractivity contribution in [1.29, 1.82) is 0 Å². The van der Waals surface area contributed by atoms with Gasteiger partial charge in [-0.1, -0.05) is 6.42 Å². The Morgan fingerprint density at radius 1 is 1.30 bits per heavy atom. The molecule has 0 radical (unpaired) electrons. The van der Waals surface area contributed by atoms with Crippen LogP contribution in [0.25, 0.3) is 11.3 Å². The Kier molecular flexibility index (Phi) is 4.43. The standard InChI is InChI=1S/C17H19BrN2O3/c1-20-14(9-13(19-20)17(21)22)15-11-7-5-3-4-6-10(11)8-12(18)16(15)23-2/h8-9H,3-7H2,1-2H3,(H,21,22). The number of methoxy groups -OCH3 is 1. The second kappa shape index (κ2) is 6.35. The summed E-state index contributed by atoms with van der Waals surface area (Å²) in [4.78, 5) is 11.2. The Bertz CT molecular complexity index is 768. The number of nitrogens with zero attached hydrogens (tertiary/aromatic N) is 2. The van der Waals surface area contributed by atoms with Gasteiger partial charge in [0.15, 0.2) is 5.69 Å². The SMILES string of the molecule is COc1c(Br)cc2c(c1-c1cc(C(=O)O)nn1C)CCCCC2. The molecule has 6 heteroatoms. The maximum absolute atomic E-state index is 11.2. The van der Waals surface area contributed by atoms with Gasteiger partial charge in [-0.3, -0.25) is 4.68 Å². The lowest BCUT2D eigenvalue weighted by atomic mass is 9.94. The van der Waals surface area contributed by atoms with Gasteiger partial charge >= 0.3 is 5.97 Å². The number of halogens is 1. The molecule has 1 heterocycles. The van der Waals surface area contributed by atoms with Crippen LogP contribution in [0, 0.1) is 0 Å². The first-order valence-corrected chi connectivity index (χ1v) is 8.48. The monoisotopic (exact) mass is 378 g/mol. The number of hydrogen-bond donors (Lipinski definition) is 1. The second-order valence-corrected chi connectivity index (χ2v) is 6.66. The van der Waals surface area contributed by atoms with E-state index in [1.54, 1.807) is 24.9 Å². The van der Waals surface area contributed by atoms with Gasteiger partial charge in [-0.05, 0) is 64.9 Å². The lowest BCUT2D eigenvalue weighted by molar-refractivity contribution is 0.0689. The lowest BCUT2D eigenvalue weighted by Gasteiger charge is -2.18. The number of carboxylic acid groups (broad SMARTS) is 1. The topological polar surface area (TPSA) is 64.3 Å². The Morgan fingerprint density at radius 2 is 2.04 bits per heavy atom. The molecule has 0 atom stereocenters. The van der Waals surface area contributed by atoms with Crippen molar-refractivity contribution in [2.24, 2.45) is 7.05 Å². The molecule has 23 heavy (non-hydrogen) atoms. The van der Waals surface area contributed by atoms with Gasteiger partial charge in [-0.2, -0.15) is 5.10 Å². The summed E-state index contributed by atoms with van der Waals surface area (Å²) in [5.74, 6) is -0.280. The third kappa shape index (κ3) is 2.87. The highest BCUT2D eigenvalue weighted by Gasteiger charge is 2.24. The predicted octanol–water partition coefficient (Wildman–Crippen LogP) is 3.83. The minimum absolute atomic E-state index is 0.0481. The van der Waals surface area contributed by atoms with Crippen molar-refractivity contribution >= 4 is 21.9 Å². The van der Waals surface area contributed by atoms with Crippen molar-refractivity contribution in [3.63, 3.8) is 0 Å². The fraction of sp³-hybridized carbons (Fsp3) is 0.412. The van der Waals surface area contributed by atoms with Gasteiger partial charge in [0.2, 0.25) is 0 Å². The van der Waals surface area contributed by atoms with Gasteiger partial charge < -0.3 is 9.84 Å². The molecule has 0 unspecified atom stereocenters. The highest BCUT2D eigenvalue weighted by Crippen LogP contribution is 2.43. The van der Waals surface area contributed by atoms with E-state index in [2.05, 4.69) is 27.1 Å². The number of carbonyl (C=O) groups is 1. The molecule has 0 amide bonds. The Balaban J connectivity index is 2.28. The zero-order chi connectivity index (χ0) is 16.6. The van der Waals surface area contributed by atoms with E-state index in [0.29, 0.717) is 0 Å². The highest BCUT2D eigenvalue weighted by atomic mass is 79.9. The van der Waals surface area contributed by atoms with E-state index in [4.69, 9.17) is 4.74 Å². The number of ether oxygens (including phenoxy) is 1. The average Bonchev–Trinajstić information content (AvgIpc) is 2.74. The van der Waals surface area contributed by atoms with Gasteiger partial charge in [0.05, 0.1) is 17.3 Å². The fourth-order valence-electron chi connectivity index (χ4n) is 3.30. The molecular formula is C17H19BrN2O3. The molecule has 1 N–H and O–H groups in total. The van der Waals surface area contributed by atoms with E-state index in [-0.39, 0.29) is 5.69 Å². The van der Waals surface area contributed by atoms with Crippen LogP contribution < -0.4 is 4.74 Å². The first-order chi connectivity index (χ1) is 11.0. The van der Waals surface area contributed by atoms with Crippen LogP contribution in [0.1, 0.15) is 40.9 Å². The van der Waals surface area contributed by atoms with E-state index in [0.717, 1.165) is 40.7 Å². The number of carboxylic acids is 1. The third-order valence-corrected chi connectivity index (χ3v) is 4.96. The van der Waals surface area contributed by atoms with Crippen molar-refractivity contribution in [1.82, 2.24) is 9.78 Å². The summed E-state index contributed by atoms with van der Waals surface area (Å²) >= 11 is 3.60. The van der Waals surface area contributed by atoms with Gasteiger partial charge in [-0.25, -0.2) is 4.79 Å². The third-order valence-electron chi connectivity index (χ3n) is 4.37. The van der Waals surface area contributed by atoms with Crippen LogP contribution in [0.3, 0.4) is 0 Å². The summed E-state index contributed by atoms with van der Waals surface area (Å²) in [7, 11) is 3.41. The smallest absolute Gasteiger partial charge is 0.356 e. The zero-order valence-electron chi connectivity index (χ0n) is 13.2. The Hall–Kier alpha value is -1.82. The Labute approximate surface area is 143 Å². The normalized spacial score (nSPS) is 14.2. The van der Waals surface area contributed by atoms with Crippen LogP contribution in [-0.2, 0) is 19.9 Å². The summed E-state index contributed by atoms with van der Waals surface area (Å²) in [6, 6.07) is 3.76.